The highest BCUT2D eigenvalue weighted by Gasteiger charge is 2.19. The number of carbonyl (C=O) groups excluding carboxylic acids is 3. The van der Waals surface area contributed by atoms with Crippen LogP contribution in [0.1, 0.15) is 40.2 Å². The van der Waals surface area contributed by atoms with E-state index < -0.39 is 17.1 Å². The Morgan fingerprint density at radius 2 is 1.56 bits per heavy atom. The SMILES string of the molecule is CCOc1ccccc1/C=C(\NC(=O)c1ccccc1)C(=O)Nc1ccc(SC(C)C(=O)Nc2nc(-c3ccc(C)cc3)c(C)s2)cc1. The average molecular weight is 677 g/mol. The van der Waals surface area contributed by atoms with Gasteiger partial charge in [-0.3, -0.25) is 14.4 Å². The molecule has 1 unspecified atom stereocenters. The Morgan fingerprint density at radius 3 is 2.27 bits per heavy atom. The van der Waals surface area contributed by atoms with Gasteiger partial charge in [0.15, 0.2) is 5.13 Å². The smallest absolute Gasteiger partial charge is 0.272 e. The van der Waals surface area contributed by atoms with E-state index in [4.69, 9.17) is 4.74 Å². The molecule has 1 atom stereocenters. The van der Waals surface area contributed by atoms with E-state index in [9.17, 15) is 14.4 Å². The van der Waals surface area contributed by atoms with Gasteiger partial charge in [0.2, 0.25) is 5.91 Å². The van der Waals surface area contributed by atoms with Crippen LogP contribution in [0.25, 0.3) is 17.3 Å². The van der Waals surface area contributed by atoms with Gasteiger partial charge >= 0.3 is 0 Å². The quantitative estimate of drug-likeness (QED) is 0.0906. The first-order valence-electron chi connectivity index (χ1n) is 15.4. The Hall–Kier alpha value is -5.19. The fourth-order valence-corrected chi connectivity index (χ4v) is 6.40. The zero-order valence-electron chi connectivity index (χ0n) is 27.1. The fourth-order valence-electron chi connectivity index (χ4n) is 4.69. The molecule has 0 aliphatic carbocycles. The van der Waals surface area contributed by atoms with E-state index in [2.05, 4.69) is 20.9 Å². The number of hydrogen-bond acceptors (Lipinski definition) is 7. The van der Waals surface area contributed by atoms with Crippen molar-refractivity contribution in [3.8, 4) is 17.0 Å². The van der Waals surface area contributed by atoms with Crippen LogP contribution in [0.5, 0.6) is 5.75 Å². The third kappa shape index (κ3) is 8.99. The van der Waals surface area contributed by atoms with Crippen LogP contribution in [0.2, 0.25) is 0 Å². The van der Waals surface area contributed by atoms with Crippen molar-refractivity contribution >= 4 is 57.7 Å². The molecule has 3 amide bonds. The molecule has 5 aromatic rings. The van der Waals surface area contributed by atoms with Gasteiger partial charge in [-0.05, 0) is 76.2 Å². The largest absolute Gasteiger partial charge is 0.493 e. The molecule has 48 heavy (non-hydrogen) atoms. The molecule has 0 aliphatic rings. The number of amides is 3. The molecule has 0 spiro atoms. The summed E-state index contributed by atoms with van der Waals surface area (Å²) in [5, 5.41) is 8.75. The van der Waals surface area contributed by atoms with Gasteiger partial charge in [0, 0.05) is 32.2 Å². The van der Waals surface area contributed by atoms with Crippen molar-refractivity contribution in [3.05, 3.63) is 130 Å². The molecular weight excluding hydrogens is 641 g/mol. The van der Waals surface area contributed by atoms with E-state index in [1.165, 1.54) is 28.7 Å². The summed E-state index contributed by atoms with van der Waals surface area (Å²) in [5.74, 6) is -0.472. The van der Waals surface area contributed by atoms with E-state index >= 15 is 0 Å². The van der Waals surface area contributed by atoms with Crippen LogP contribution in [0.4, 0.5) is 10.8 Å². The number of rotatable bonds is 12. The number of hydrogen-bond donors (Lipinski definition) is 3. The van der Waals surface area contributed by atoms with Crippen LogP contribution in [-0.4, -0.2) is 34.6 Å². The maximum absolute atomic E-state index is 13.5. The van der Waals surface area contributed by atoms with Gasteiger partial charge in [-0.2, -0.15) is 0 Å². The second-order valence-electron chi connectivity index (χ2n) is 10.9. The number of aryl methyl sites for hydroxylation is 2. The molecule has 0 fully saturated rings. The van der Waals surface area contributed by atoms with Crippen molar-refractivity contribution < 1.29 is 19.1 Å². The molecule has 10 heteroatoms. The Bertz CT molecular complexity index is 1920. The lowest BCUT2D eigenvalue weighted by Crippen LogP contribution is -2.30. The summed E-state index contributed by atoms with van der Waals surface area (Å²) in [6.07, 6.45) is 1.60. The topological polar surface area (TPSA) is 109 Å². The van der Waals surface area contributed by atoms with E-state index in [1.807, 2.05) is 94.4 Å². The number of aromatic nitrogens is 1. The number of thiazole rings is 1. The third-order valence-corrected chi connectivity index (χ3v) is 9.19. The monoisotopic (exact) mass is 676 g/mol. The first-order chi connectivity index (χ1) is 23.2. The van der Waals surface area contributed by atoms with E-state index in [0.29, 0.717) is 34.3 Å². The summed E-state index contributed by atoms with van der Waals surface area (Å²) in [4.78, 5) is 46.1. The van der Waals surface area contributed by atoms with Crippen molar-refractivity contribution in [3.63, 3.8) is 0 Å². The second kappa shape index (κ2) is 16.1. The predicted octanol–water partition coefficient (Wildman–Crippen LogP) is 8.35. The molecule has 5 rings (SSSR count). The Labute approximate surface area is 288 Å². The van der Waals surface area contributed by atoms with E-state index in [-0.39, 0.29) is 11.6 Å². The summed E-state index contributed by atoms with van der Waals surface area (Å²) in [6, 6.07) is 31.3. The van der Waals surface area contributed by atoms with Crippen molar-refractivity contribution in [1.29, 1.82) is 0 Å². The standard InChI is InChI=1S/C38H36N4O4S2/c1-5-46-33-14-10-9-13-29(33)23-32(40-36(44)28-11-7-6-8-12-28)37(45)39-30-19-21-31(22-20-30)47-26(4)35(43)42-38-41-34(25(3)48-38)27-17-15-24(2)16-18-27/h6-23,26H,5H2,1-4H3,(H,39,45)(H,40,44)(H,41,42,43)/b32-23-. The number of benzene rings is 4. The molecular formula is C38H36N4O4S2. The lowest BCUT2D eigenvalue weighted by atomic mass is 10.1. The molecule has 8 nitrogen and oxygen atoms in total. The number of anilines is 2. The lowest BCUT2D eigenvalue weighted by molar-refractivity contribution is -0.115. The average Bonchev–Trinajstić information content (AvgIpc) is 3.46. The number of thioether (sulfide) groups is 1. The van der Waals surface area contributed by atoms with Gasteiger partial charge < -0.3 is 20.7 Å². The van der Waals surface area contributed by atoms with Gasteiger partial charge in [-0.25, -0.2) is 4.98 Å². The first-order valence-corrected chi connectivity index (χ1v) is 17.1. The van der Waals surface area contributed by atoms with Crippen LogP contribution in [0, 0.1) is 13.8 Å². The Morgan fingerprint density at radius 1 is 0.875 bits per heavy atom. The summed E-state index contributed by atoms with van der Waals surface area (Å²) in [5.41, 5.74) is 4.71. The molecule has 244 valence electrons. The fraction of sp³-hybridized carbons (Fsp3) is 0.158. The van der Waals surface area contributed by atoms with Crippen LogP contribution < -0.4 is 20.7 Å². The van der Waals surface area contributed by atoms with Crippen molar-refractivity contribution in [2.45, 2.75) is 37.8 Å². The zero-order chi connectivity index (χ0) is 34.0. The highest BCUT2D eigenvalue weighted by molar-refractivity contribution is 8.00. The van der Waals surface area contributed by atoms with Crippen LogP contribution in [0.15, 0.2) is 114 Å². The van der Waals surface area contributed by atoms with E-state index in [1.54, 1.807) is 42.5 Å². The van der Waals surface area contributed by atoms with Crippen LogP contribution >= 0.6 is 23.1 Å². The summed E-state index contributed by atoms with van der Waals surface area (Å²) >= 11 is 2.85. The summed E-state index contributed by atoms with van der Waals surface area (Å²) < 4.78 is 5.73. The van der Waals surface area contributed by atoms with Gasteiger partial charge in [-0.1, -0.05) is 66.2 Å². The van der Waals surface area contributed by atoms with E-state index in [0.717, 1.165) is 21.0 Å². The lowest BCUT2D eigenvalue weighted by Gasteiger charge is -2.14. The number of ether oxygens (including phenoxy) is 1. The van der Waals surface area contributed by atoms with Crippen molar-refractivity contribution in [2.75, 3.05) is 17.2 Å². The minimum atomic E-state index is -0.498. The minimum absolute atomic E-state index is 0.0581. The molecule has 0 bridgehead atoms. The van der Waals surface area contributed by atoms with Gasteiger partial charge in [0.1, 0.15) is 11.4 Å². The summed E-state index contributed by atoms with van der Waals surface area (Å²) in [6.45, 7) is 8.21. The highest BCUT2D eigenvalue weighted by atomic mass is 32.2. The number of nitrogens with one attached hydrogen (secondary N) is 3. The molecule has 1 heterocycles. The Kier molecular flexibility index (Phi) is 11.4. The molecule has 4 aromatic carbocycles. The Balaban J connectivity index is 1.24. The maximum Gasteiger partial charge on any atom is 0.272 e. The van der Waals surface area contributed by atoms with Gasteiger partial charge in [-0.15, -0.1) is 23.1 Å². The van der Waals surface area contributed by atoms with Gasteiger partial charge in [0.25, 0.3) is 11.8 Å². The number of para-hydroxylation sites is 1. The minimum Gasteiger partial charge on any atom is -0.493 e. The van der Waals surface area contributed by atoms with Crippen LogP contribution in [-0.2, 0) is 9.59 Å². The predicted molar refractivity (Wildman–Crippen MR) is 196 cm³/mol. The normalized spacial score (nSPS) is 11.8. The van der Waals surface area contributed by atoms with Crippen molar-refractivity contribution in [2.24, 2.45) is 0 Å². The number of carbonyl (C=O) groups is 3. The molecule has 0 aliphatic heterocycles. The molecule has 0 radical (unpaired) electrons. The molecule has 0 saturated heterocycles. The maximum atomic E-state index is 13.5. The molecule has 1 aromatic heterocycles. The molecule has 3 N–H and O–H groups in total. The second-order valence-corrected chi connectivity index (χ2v) is 13.5. The van der Waals surface area contributed by atoms with Crippen molar-refractivity contribution in [1.82, 2.24) is 10.3 Å². The highest BCUT2D eigenvalue weighted by Crippen LogP contribution is 2.32. The van der Waals surface area contributed by atoms with Crippen LogP contribution in [0.3, 0.4) is 0 Å². The zero-order valence-corrected chi connectivity index (χ0v) is 28.7. The van der Waals surface area contributed by atoms with Gasteiger partial charge in [0.05, 0.1) is 17.6 Å². The molecule has 0 saturated carbocycles. The first kappa shape index (κ1) is 34.2. The number of nitrogens with zero attached hydrogens (tertiary/aromatic N) is 1. The summed E-state index contributed by atoms with van der Waals surface area (Å²) in [7, 11) is 0. The third-order valence-electron chi connectivity index (χ3n) is 7.19.